The van der Waals surface area contributed by atoms with E-state index in [4.69, 9.17) is 27.6 Å². The number of hydrogen-bond acceptors (Lipinski definition) is 5. The molecule has 1 aromatic heterocycles. The van der Waals surface area contributed by atoms with Crippen molar-refractivity contribution >= 4 is 68.9 Å². The minimum absolute atomic E-state index is 0.232. The molecule has 3 aromatic rings. The van der Waals surface area contributed by atoms with Crippen LogP contribution in [-0.2, 0) is 4.79 Å². The van der Waals surface area contributed by atoms with Gasteiger partial charge in [-0.05, 0) is 47.7 Å². The average Bonchev–Trinajstić information content (AvgIpc) is 3.18. The van der Waals surface area contributed by atoms with E-state index in [2.05, 4.69) is 15.3 Å². The Labute approximate surface area is 156 Å². The molecule has 1 amide bonds. The van der Waals surface area contributed by atoms with E-state index in [-0.39, 0.29) is 5.91 Å². The van der Waals surface area contributed by atoms with Gasteiger partial charge in [-0.25, -0.2) is 9.98 Å². The van der Waals surface area contributed by atoms with Crippen molar-refractivity contribution in [2.75, 3.05) is 0 Å². The third-order valence-corrected chi connectivity index (χ3v) is 4.97. The zero-order valence-electron chi connectivity index (χ0n) is 12.5. The lowest BCUT2D eigenvalue weighted by molar-refractivity contribution is -0.115. The maximum absolute atomic E-state index is 12.2. The largest absolute Gasteiger partial charge is 0.443 e. The van der Waals surface area contributed by atoms with Crippen molar-refractivity contribution in [3.8, 4) is 0 Å². The van der Waals surface area contributed by atoms with E-state index in [1.807, 2.05) is 18.2 Å². The van der Waals surface area contributed by atoms with Gasteiger partial charge in [0.05, 0.1) is 15.0 Å². The van der Waals surface area contributed by atoms with Crippen LogP contribution in [0.5, 0.6) is 0 Å². The minimum atomic E-state index is -0.232. The molecule has 1 saturated heterocycles. The van der Waals surface area contributed by atoms with Gasteiger partial charge in [-0.1, -0.05) is 35.3 Å². The highest BCUT2D eigenvalue weighted by atomic mass is 35.5. The van der Waals surface area contributed by atoms with Gasteiger partial charge >= 0.3 is 0 Å². The SMILES string of the molecule is O=C1NC(=Nc2c(Cl)cccc2Cl)SC1=Cc1ccc2ncoc2c1. The number of halogens is 2. The van der Waals surface area contributed by atoms with Crippen LogP contribution >= 0.6 is 35.0 Å². The van der Waals surface area contributed by atoms with E-state index in [9.17, 15) is 4.79 Å². The molecule has 0 aliphatic carbocycles. The number of rotatable bonds is 2. The molecule has 0 spiro atoms. The number of aromatic nitrogens is 1. The van der Waals surface area contributed by atoms with Crippen molar-refractivity contribution in [2.24, 2.45) is 4.99 Å². The molecular formula is C17H9Cl2N3O2S. The first-order chi connectivity index (χ1) is 12.1. The number of nitrogens with one attached hydrogen (secondary N) is 1. The van der Waals surface area contributed by atoms with E-state index in [0.717, 1.165) is 11.1 Å². The van der Waals surface area contributed by atoms with Crippen molar-refractivity contribution in [3.05, 3.63) is 63.3 Å². The number of aliphatic imine (C=N–C) groups is 1. The Morgan fingerprint density at radius 2 is 2.00 bits per heavy atom. The number of carbonyl (C=O) groups excluding carboxylic acids is 1. The Hall–Kier alpha value is -2.28. The maximum Gasteiger partial charge on any atom is 0.264 e. The lowest BCUT2D eigenvalue weighted by atomic mass is 10.2. The summed E-state index contributed by atoms with van der Waals surface area (Å²) in [5.41, 5.74) is 2.69. The third kappa shape index (κ3) is 3.28. The van der Waals surface area contributed by atoms with Gasteiger partial charge in [0.15, 0.2) is 17.1 Å². The van der Waals surface area contributed by atoms with Crippen LogP contribution < -0.4 is 5.32 Å². The highest BCUT2D eigenvalue weighted by Gasteiger charge is 2.24. The summed E-state index contributed by atoms with van der Waals surface area (Å²) in [6.07, 6.45) is 3.15. The summed E-state index contributed by atoms with van der Waals surface area (Å²) in [7, 11) is 0. The zero-order valence-corrected chi connectivity index (χ0v) is 14.8. The fourth-order valence-corrected chi connectivity index (χ4v) is 3.60. The normalized spacial score (nSPS) is 17.6. The fourth-order valence-electron chi connectivity index (χ4n) is 2.29. The summed E-state index contributed by atoms with van der Waals surface area (Å²) >= 11 is 13.4. The summed E-state index contributed by atoms with van der Waals surface area (Å²) < 4.78 is 5.28. The Kier molecular flexibility index (Phi) is 4.25. The van der Waals surface area contributed by atoms with E-state index in [1.165, 1.54) is 18.2 Å². The van der Waals surface area contributed by atoms with E-state index in [1.54, 1.807) is 24.3 Å². The Balaban J connectivity index is 1.64. The maximum atomic E-state index is 12.2. The number of oxazole rings is 1. The van der Waals surface area contributed by atoms with Crippen molar-refractivity contribution in [3.63, 3.8) is 0 Å². The van der Waals surface area contributed by atoms with E-state index >= 15 is 0 Å². The lowest BCUT2D eigenvalue weighted by Gasteiger charge is -2.01. The average molecular weight is 390 g/mol. The molecule has 1 N–H and O–H groups in total. The van der Waals surface area contributed by atoms with Crippen molar-refractivity contribution in [1.29, 1.82) is 0 Å². The molecule has 1 fully saturated rings. The molecule has 8 heteroatoms. The summed E-state index contributed by atoms with van der Waals surface area (Å²) in [6.45, 7) is 0. The van der Waals surface area contributed by atoms with Gasteiger partial charge in [0.1, 0.15) is 11.2 Å². The van der Waals surface area contributed by atoms with Gasteiger partial charge in [0, 0.05) is 0 Å². The molecule has 1 aliphatic heterocycles. The number of para-hydroxylation sites is 1. The van der Waals surface area contributed by atoms with Crippen molar-refractivity contribution in [2.45, 2.75) is 0 Å². The van der Waals surface area contributed by atoms with Crippen LogP contribution in [0.15, 0.2) is 57.1 Å². The van der Waals surface area contributed by atoms with Gasteiger partial charge in [-0.2, -0.15) is 0 Å². The van der Waals surface area contributed by atoms with Gasteiger partial charge in [-0.3, -0.25) is 4.79 Å². The van der Waals surface area contributed by atoms with Crippen molar-refractivity contribution < 1.29 is 9.21 Å². The summed E-state index contributed by atoms with van der Waals surface area (Å²) in [5, 5.41) is 3.97. The smallest absolute Gasteiger partial charge is 0.264 e. The monoisotopic (exact) mass is 389 g/mol. The lowest BCUT2D eigenvalue weighted by Crippen LogP contribution is -2.19. The first-order valence-corrected chi connectivity index (χ1v) is 8.74. The number of fused-ring (bicyclic) bond motifs is 1. The minimum Gasteiger partial charge on any atom is -0.443 e. The third-order valence-electron chi connectivity index (χ3n) is 3.45. The second-order valence-corrected chi connectivity index (χ2v) is 6.98. The van der Waals surface area contributed by atoms with Gasteiger partial charge < -0.3 is 9.73 Å². The van der Waals surface area contributed by atoms with E-state index in [0.29, 0.717) is 31.4 Å². The molecule has 2 heterocycles. The molecule has 0 unspecified atom stereocenters. The number of carbonyl (C=O) groups is 1. The Bertz CT molecular complexity index is 1040. The molecule has 1 aliphatic rings. The van der Waals surface area contributed by atoms with Gasteiger partial charge in [0.25, 0.3) is 5.91 Å². The molecular weight excluding hydrogens is 381 g/mol. The Morgan fingerprint density at radius 3 is 2.80 bits per heavy atom. The summed E-state index contributed by atoms with van der Waals surface area (Å²) in [5.74, 6) is -0.232. The summed E-state index contributed by atoms with van der Waals surface area (Å²) in [4.78, 5) is 21.1. The van der Waals surface area contributed by atoms with Gasteiger partial charge in [-0.15, -0.1) is 0 Å². The molecule has 0 saturated carbocycles. The van der Waals surface area contributed by atoms with Gasteiger partial charge in [0.2, 0.25) is 0 Å². The van der Waals surface area contributed by atoms with E-state index < -0.39 is 0 Å². The molecule has 5 nitrogen and oxygen atoms in total. The molecule has 124 valence electrons. The number of hydrogen-bond donors (Lipinski definition) is 1. The highest BCUT2D eigenvalue weighted by Crippen LogP contribution is 2.35. The molecule has 4 rings (SSSR count). The van der Waals surface area contributed by atoms with Crippen LogP contribution in [0.2, 0.25) is 10.0 Å². The predicted molar refractivity (Wildman–Crippen MR) is 101 cm³/mol. The van der Waals surface area contributed by atoms with Crippen LogP contribution in [0.4, 0.5) is 5.69 Å². The number of thioether (sulfide) groups is 1. The second-order valence-electron chi connectivity index (χ2n) is 5.13. The first-order valence-electron chi connectivity index (χ1n) is 7.17. The number of benzene rings is 2. The second kappa shape index (κ2) is 6.55. The molecule has 0 radical (unpaired) electrons. The molecule has 25 heavy (non-hydrogen) atoms. The number of amidine groups is 1. The van der Waals surface area contributed by atoms with Crippen LogP contribution in [0.25, 0.3) is 17.2 Å². The topological polar surface area (TPSA) is 67.5 Å². The highest BCUT2D eigenvalue weighted by molar-refractivity contribution is 8.18. The predicted octanol–water partition coefficient (Wildman–Crippen LogP) is 5.03. The Morgan fingerprint density at radius 1 is 1.20 bits per heavy atom. The van der Waals surface area contributed by atoms with Crippen LogP contribution in [0.3, 0.4) is 0 Å². The standard InChI is InChI=1S/C17H9Cl2N3O2S/c18-10-2-1-3-11(19)15(10)21-17-22-16(23)14(25-17)7-9-4-5-12-13(6-9)24-8-20-12/h1-8H,(H,21,22,23). The number of nitrogens with zero attached hydrogens (tertiary/aromatic N) is 2. The van der Waals surface area contributed by atoms with Crippen molar-refractivity contribution in [1.82, 2.24) is 10.3 Å². The fraction of sp³-hybridized carbons (Fsp3) is 0. The number of amides is 1. The summed E-state index contributed by atoms with van der Waals surface area (Å²) in [6, 6.07) is 10.6. The molecule has 0 atom stereocenters. The molecule has 0 bridgehead atoms. The quantitative estimate of drug-likeness (QED) is 0.624. The molecule has 2 aromatic carbocycles. The van der Waals surface area contributed by atoms with Crippen LogP contribution in [0.1, 0.15) is 5.56 Å². The van der Waals surface area contributed by atoms with Crippen LogP contribution in [-0.4, -0.2) is 16.1 Å². The van der Waals surface area contributed by atoms with Crippen LogP contribution in [0, 0.1) is 0 Å². The zero-order chi connectivity index (χ0) is 17.4. The first kappa shape index (κ1) is 16.2.